The van der Waals surface area contributed by atoms with Crippen molar-refractivity contribution < 1.29 is 19.1 Å². The molecule has 0 fully saturated rings. The van der Waals surface area contributed by atoms with Gasteiger partial charge in [0.25, 0.3) is 0 Å². The van der Waals surface area contributed by atoms with Gasteiger partial charge in [0, 0.05) is 22.6 Å². The zero-order valence-electron chi connectivity index (χ0n) is 17.3. The third-order valence-electron chi connectivity index (χ3n) is 6.28. The van der Waals surface area contributed by atoms with Crippen LogP contribution >= 0.6 is 0 Å². The molecule has 4 aromatic carbocycles. The summed E-state index contributed by atoms with van der Waals surface area (Å²) in [6.07, 6.45) is 0. The lowest BCUT2D eigenvalue weighted by molar-refractivity contribution is 0.0927. The minimum absolute atomic E-state index is 0.122. The molecule has 0 aromatic heterocycles. The van der Waals surface area contributed by atoms with E-state index in [0.717, 1.165) is 27.6 Å². The van der Waals surface area contributed by atoms with Crippen LogP contribution in [0.5, 0.6) is 11.5 Å². The van der Waals surface area contributed by atoms with Crippen LogP contribution in [0.4, 0.5) is 0 Å². The van der Waals surface area contributed by atoms with Crippen LogP contribution in [-0.2, 0) is 0 Å². The van der Waals surface area contributed by atoms with E-state index in [0.29, 0.717) is 22.4 Å². The first-order chi connectivity index (χ1) is 15.7. The maximum atomic E-state index is 13.7. The van der Waals surface area contributed by atoms with Crippen LogP contribution < -0.4 is 9.47 Å². The van der Waals surface area contributed by atoms with E-state index in [2.05, 4.69) is 0 Å². The summed E-state index contributed by atoms with van der Waals surface area (Å²) in [5.41, 5.74) is 2.99. The van der Waals surface area contributed by atoms with Crippen LogP contribution in [0.25, 0.3) is 10.8 Å². The Bertz CT molecular complexity index is 1460. The first-order valence-electron chi connectivity index (χ1n) is 10.4. The summed E-state index contributed by atoms with van der Waals surface area (Å²) in [6, 6.07) is 26.5. The van der Waals surface area contributed by atoms with Gasteiger partial charge >= 0.3 is 0 Å². The fraction of sp³-hybridized carbons (Fsp3) is 0.0714. The van der Waals surface area contributed by atoms with Crippen LogP contribution in [0, 0.1) is 0 Å². The third kappa shape index (κ3) is 2.56. The lowest BCUT2D eigenvalue weighted by Crippen LogP contribution is -2.31. The Morgan fingerprint density at radius 2 is 1.44 bits per heavy atom. The van der Waals surface area contributed by atoms with Gasteiger partial charge < -0.3 is 9.47 Å². The van der Waals surface area contributed by atoms with Gasteiger partial charge in [0.15, 0.2) is 11.5 Å². The molecule has 4 aromatic rings. The molecular formula is C28H18O4. The van der Waals surface area contributed by atoms with E-state index in [1.54, 1.807) is 31.4 Å². The number of fused-ring (bicyclic) bond motifs is 4. The van der Waals surface area contributed by atoms with Crippen LogP contribution in [0.1, 0.15) is 37.8 Å². The van der Waals surface area contributed by atoms with Crippen LogP contribution in [0.15, 0.2) is 96.3 Å². The SMILES string of the molecule is COc1ccc(C2C3=C(Oc4ccc5ccccc5c42)C(=O)c2ccccc2C3=O)cc1. The van der Waals surface area contributed by atoms with Crippen LogP contribution in [0.3, 0.4) is 0 Å². The molecule has 4 nitrogen and oxygen atoms in total. The molecule has 2 aliphatic rings. The monoisotopic (exact) mass is 418 g/mol. The van der Waals surface area contributed by atoms with E-state index in [9.17, 15) is 9.59 Å². The van der Waals surface area contributed by atoms with Crippen molar-refractivity contribution in [2.45, 2.75) is 5.92 Å². The molecule has 0 saturated carbocycles. The second kappa shape index (κ2) is 6.92. The Hall–Kier alpha value is -4.18. The Morgan fingerprint density at radius 3 is 2.19 bits per heavy atom. The zero-order chi connectivity index (χ0) is 21.8. The highest BCUT2D eigenvalue weighted by Crippen LogP contribution is 2.49. The van der Waals surface area contributed by atoms with E-state index in [-0.39, 0.29) is 17.3 Å². The highest BCUT2D eigenvalue weighted by atomic mass is 16.5. The number of hydrogen-bond donors (Lipinski definition) is 0. The summed E-state index contributed by atoms with van der Waals surface area (Å²) in [7, 11) is 1.62. The standard InChI is InChI=1S/C28H18O4/c1-31-18-13-10-17(11-14-18)23-24-19-7-3-2-6-16(19)12-15-22(24)32-28-25(23)26(29)20-8-4-5-9-21(20)27(28)30/h2-15,23H,1H3. The Morgan fingerprint density at radius 1 is 0.750 bits per heavy atom. The summed E-state index contributed by atoms with van der Waals surface area (Å²) < 4.78 is 11.5. The first-order valence-corrected chi connectivity index (χ1v) is 10.4. The summed E-state index contributed by atoms with van der Waals surface area (Å²) in [4.78, 5) is 27.1. The number of carbonyl (C=O) groups is 2. The molecule has 4 heteroatoms. The average Bonchev–Trinajstić information content (AvgIpc) is 2.86. The van der Waals surface area contributed by atoms with Gasteiger partial charge in [0.05, 0.1) is 12.7 Å². The average molecular weight is 418 g/mol. The predicted octanol–water partition coefficient (Wildman–Crippen LogP) is 5.71. The molecule has 0 amide bonds. The van der Waals surface area contributed by atoms with E-state index in [1.807, 2.05) is 60.7 Å². The number of ether oxygens (including phenoxy) is 2. The fourth-order valence-corrected chi connectivity index (χ4v) is 4.78. The number of methoxy groups -OCH3 is 1. The number of ketones is 2. The minimum atomic E-state index is -0.435. The van der Waals surface area contributed by atoms with Gasteiger partial charge in [-0.25, -0.2) is 0 Å². The van der Waals surface area contributed by atoms with Crippen molar-refractivity contribution in [3.8, 4) is 11.5 Å². The van der Waals surface area contributed by atoms with Gasteiger partial charge in [-0.1, -0.05) is 66.7 Å². The quantitative estimate of drug-likeness (QED) is 0.419. The second-order valence-electron chi connectivity index (χ2n) is 7.95. The summed E-state index contributed by atoms with van der Waals surface area (Å²) in [5.74, 6) is 0.586. The summed E-state index contributed by atoms with van der Waals surface area (Å²) >= 11 is 0. The molecule has 0 radical (unpaired) electrons. The van der Waals surface area contributed by atoms with Crippen molar-refractivity contribution in [2.24, 2.45) is 0 Å². The molecule has 0 N–H and O–H groups in total. The Balaban J connectivity index is 1.67. The molecule has 1 aliphatic heterocycles. The molecule has 6 rings (SSSR count). The highest BCUT2D eigenvalue weighted by Gasteiger charge is 2.43. The van der Waals surface area contributed by atoms with Crippen molar-refractivity contribution in [2.75, 3.05) is 7.11 Å². The molecule has 0 saturated heterocycles. The number of hydrogen-bond acceptors (Lipinski definition) is 4. The van der Waals surface area contributed by atoms with E-state index < -0.39 is 5.92 Å². The maximum absolute atomic E-state index is 13.7. The number of carbonyl (C=O) groups excluding carboxylic acids is 2. The molecule has 154 valence electrons. The molecule has 0 spiro atoms. The Labute approximate surface area is 184 Å². The fourth-order valence-electron chi connectivity index (χ4n) is 4.78. The molecule has 1 heterocycles. The predicted molar refractivity (Wildman–Crippen MR) is 122 cm³/mol. The molecule has 1 aliphatic carbocycles. The lowest BCUT2D eigenvalue weighted by Gasteiger charge is -2.33. The molecule has 0 bridgehead atoms. The number of rotatable bonds is 2. The summed E-state index contributed by atoms with van der Waals surface area (Å²) in [6.45, 7) is 0. The lowest BCUT2D eigenvalue weighted by atomic mass is 9.74. The molecule has 1 unspecified atom stereocenters. The highest BCUT2D eigenvalue weighted by molar-refractivity contribution is 6.27. The largest absolute Gasteiger partial charge is 0.497 e. The van der Waals surface area contributed by atoms with Crippen molar-refractivity contribution in [1.82, 2.24) is 0 Å². The van der Waals surface area contributed by atoms with Gasteiger partial charge in [-0.3, -0.25) is 9.59 Å². The number of benzene rings is 4. The van der Waals surface area contributed by atoms with E-state index >= 15 is 0 Å². The Kier molecular flexibility index (Phi) is 4.02. The van der Waals surface area contributed by atoms with Crippen molar-refractivity contribution in [1.29, 1.82) is 0 Å². The van der Waals surface area contributed by atoms with E-state index in [1.165, 1.54) is 0 Å². The van der Waals surface area contributed by atoms with Gasteiger partial charge in [0.1, 0.15) is 11.5 Å². The smallest absolute Gasteiger partial charge is 0.229 e. The number of Topliss-reactive ketones (excluding diaryl/α,β-unsaturated/α-hetero) is 2. The van der Waals surface area contributed by atoms with Crippen LogP contribution in [0.2, 0.25) is 0 Å². The van der Waals surface area contributed by atoms with Crippen molar-refractivity contribution >= 4 is 22.3 Å². The first kappa shape index (κ1) is 18.6. The third-order valence-corrected chi connectivity index (χ3v) is 6.28. The maximum Gasteiger partial charge on any atom is 0.229 e. The molecule has 1 atom stereocenters. The van der Waals surface area contributed by atoms with Crippen molar-refractivity contribution in [3.63, 3.8) is 0 Å². The van der Waals surface area contributed by atoms with Crippen molar-refractivity contribution in [3.05, 3.63) is 119 Å². The van der Waals surface area contributed by atoms with Gasteiger partial charge in [-0.15, -0.1) is 0 Å². The molecular weight excluding hydrogens is 400 g/mol. The normalized spacial score (nSPS) is 16.8. The number of allylic oxidation sites excluding steroid dienone is 2. The minimum Gasteiger partial charge on any atom is -0.497 e. The second-order valence-corrected chi connectivity index (χ2v) is 7.95. The topological polar surface area (TPSA) is 52.6 Å². The van der Waals surface area contributed by atoms with Gasteiger partial charge in [0.2, 0.25) is 5.78 Å². The van der Waals surface area contributed by atoms with Crippen LogP contribution in [-0.4, -0.2) is 18.7 Å². The van der Waals surface area contributed by atoms with Gasteiger partial charge in [-0.05, 0) is 34.5 Å². The zero-order valence-corrected chi connectivity index (χ0v) is 17.3. The molecule has 32 heavy (non-hydrogen) atoms. The van der Waals surface area contributed by atoms with E-state index in [4.69, 9.17) is 9.47 Å². The van der Waals surface area contributed by atoms with Gasteiger partial charge in [-0.2, -0.15) is 0 Å². The summed E-state index contributed by atoms with van der Waals surface area (Å²) in [5, 5.41) is 2.05.